The van der Waals surface area contributed by atoms with Gasteiger partial charge in [0.25, 0.3) is 5.91 Å². The number of hydrogen-bond donors (Lipinski definition) is 1. The molecule has 8 heteroatoms. The molecular weight excluding hydrogens is 322 g/mol. The third kappa shape index (κ3) is 3.40. The topological polar surface area (TPSA) is 71.4 Å². The summed E-state index contributed by atoms with van der Waals surface area (Å²) in [6.45, 7) is 2.97. The molecule has 0 aliphatic carbocycles. The van der Waals surface area contributed by atoms with Gasteiger partial charge in [0, 0.05) is 24.7 Å². The first-order chi connectivity index (χ1) is 10.4. The SMILES string of the molecule is CCN(Cc1cccs1)C(=O)c1cc(S(=O)(=O)NC)cn1C. The Morgan fingerprint density at radius 2 is 2.18 bits per heavy atom. The largest absolute Gasteiger partial charge is 0.345 e. The van der Waals surface area contributed by atoms with Crippen LogP contribution >= 0.6 is 11.3 Å². The third-order valence-electron chi connectivity index (χ3n) is 3.37. The van der Waals surface area contributed by atoms with E-state index in [9.17, 15) is 13.2 Å². The average Bonchev–Trinajstić information content (AvgIpc) is 3.13. The minimum atomic E-state index is -3.56. The van der Waals surface area contributed by atoms with Crippen LogP contribution in [0.5, 0.6) is 0 Å². The molecule has 22 heavy (non-hydrogen) atoms. The van der Waals surface area contributed by atoms with Gasteiger partial charge in [-0.05, 0) is 31.5 Å². The summed E-state index contributed by atoms with van der Waals surface area (Å²) in [6, 6.07) is 5.33. The molecule has 0 saturated heterocycles. The van der Waals surface area contributed by atoms with Gasteiger partial charge in [0.15, 0.2) is 0 Å². The Balaban J connectivity index is 2.28. The molecule has 2 aromatic rings. The smallest absolute Gasteiger partial charge is 0.270 e. The second kappa shape index (κ2) is 6.64. The highest BCUT2D eigenvalue weighted by molar-refractivity contribution is 7.89. The number of carbonyl (C=O) groups is 1. The highest BCUT2D eigenvalue weighted by Crippen LogP contribution is 2.17. The van der Waals surface area contributed by atoms with Crippen molar-refractivity contribution in [3.63, 3.8) is 0 Å². The number of thiophene rings is 1. The average molecular weight is 341 g/mol. The highest BCUT2D eigenvalue weighted by Gasteiger charge is 2.22. The molecule has 6 nitrogen and oxygen atoms in total. The number of rotatable bonds is 6. The molecule has 0 aromatic carbocycles. The molecule has 0 aliphatic heterocycles. The van der Waals surface area contributed by atoms with Gasteiger partial charge in [0.2, 0.25) is 10.0 Å². The maximum atomic E-state index is 12.6. The number of nitrogens with zero attached hydrogens (tertiary/aromatic N) is 2. The van der Waals surface area contributed by atoms with Crippen molar-refractivity contribution in [3.8, 4) is 0 Å². The number of carbonyl (C=O) groups excluding carboxylic acids is 1. The summed E-state index contributed by atoms with van der Waals surface area (Å²) in [5, 5.41) is 1.97. The van der Waals surface area contributed by atoms with Crippen LogP contribution in [0.15, 0.2) is 34.7 Å². The quantitative estimate of drug-likeness (QED) is 0.868. The van der Waals surface area contributed by atoms with E-state index in [0.717, 1.165) is 4.88 Å². The van der Waals surface area contributed by atoms with Gasteiger partial charge in [0.05, 0.1) is 6.54 Å². The van der Waals surface area contributed by atoms with Crippen LogP contribution in [0.4, 0.5) is 0 Å². The summed E-state index contributed by atoms with van der Waals surface area (Å²) in [4.78, 5) is 15.5. The van der Waals surface area contributed by atoms with Crippen LogP contribution in [0.2, 0.25) is 0 Å². The molecule has 2 heterocycles. The van der Waals surface area contributed by atoms with Crippen molar-refractivity contribution in [2.75, 3.05) is 13.6 Å². The van der Waals surface area contributed by atoms with Gasteiger partial charge in [-0.3, -0.25) is 4.79 Å². The minimum absolute atomic E-state index is 0.0908. The van der Waals surface area contributed by atoms with Crippen molar-refractivity contribution in [1.29, 1.82) is 0 Å². The molecule has 0 radical (unpaired) electrons. The van der Waals surface area contributed by atoms with Crippen LogP contribution in [-0.4, -0.2) is 37.4 Å². The lowest BCUT2D eigenvalue weighted by atomic mass is 10.3. The summed E-state index contributed by atoms with van der Waals surface area (Å²) < 4.78 is 27.5. The van der Waals surface area contributed by atoms with Crippen LogP contribution in [-0.2, 0) is 23.6 Å². The molecule has 0 aliphatic rings. The molecule has 0 fully saturated rings. The predicted molar refractivity (Wildman–Crippen MR) is 86.4 cm³/mol. The van der Waals surface area contributed by atoms with Gasteiger partial charge in [-0.15, -0.1) is 11.3 Å². The Morgan fingerprint density at radius 3 is 2.73 bits per heavy atom. The standard InChI is InChI=1S/C14H19N3O3S2/c1-4-17(9-11-6-5-7-21-11)14(18)13-8-12(10-16(13)3)22(19,20)15-2/h5-8,10,15H,4,9H2,1-3H3. The number of aryl methyl sites for hydroxylation is 1. The fraction of sp³-hybridized carbons (Fsp3) is 0.357. The van der Waals surface area contributed by atoms with Crippen LogP contribution in [0, 0.1) is 0 Å². The van der Waals surface area contributed by atoms with Crippen LogP contribution < -0.4 is 4.72 Å². The van der Waals surface area contributed by atoms with Crippen molar-refractivity contribution in [2.24, 2.45) is 7.05 Å². The van der Waals surface area contributed by atoms with E-state index in [2.05, 4.69) is 4.72 Å². The Bertz CT molecular complexity index is 748. The van der Waals surface area contributed by atoms with Gasteiger partial charge < -0.3 is 9.47 Å². The molecule has 2 rings (SSSR count). The Hall–Kier alpha value is -1.64. The molecule has 0 spiro atoms. The lowest BCUT2D eigenvalue weighted by Gasteiger charge is -2.20. The van der Waals surface area contributed by atoms with E-state index in [4.69, 9.17) is 0 Å². The summed E-state index contributed by atoms with van der Waals surface area (Å²) >= 11 is 1.59. The molecule has 0 bridgehead atoms. The Morgan fingerprint density at radius 1 is 1.45 bits per heavy atom. The zero-order chi connectivity index (χ0) is 16.3. The fourth-order valence-electron chi connectivity index (χ4n) is 2.09. The number of hydrogen-bond acceptors (Lipinski definition) is 4. The van der Waals surface area contributed by atoms with Crippen molar-refractivity contribution < 1.29 is 13.2 Å². The van der Waals surface area contributed by atoms with Gasteiger partial charge in [-0.2, -0.15) is 0 Å². The molecular formula is C14H19N3O3S2. The second-order valence-electron chi connectivity index (χ2n) is 4.78. The van der Waals surface area contributed by atoms with Crippen molar-refractivity contribution in [2.45, 2.75) is 18.4 Å². The molecule has 1 amide bonds. The Labute approximate surface area is 134 Å². The maximum absolute atomic E-state index is 12.6. The summed E-state index contributed by atoms with van der Waals surface area (Å²) in [5.41, 5.74) is 0.354. The molecule has 2 aromatic heterocycles. The molecule has 120 valence electrons. The lowest BCUT2D eigenvalue weighted by Crippen LogP contribution is -2.31. The van der Waals surface area contributed by atoms with E-state index in [0.29, 0.717) is 18.8 Å². The fourth-order valence-corrected chi connectivity index (χ4v) is 3.61. The van der Waals surface area contributed by atoms with Crippen molar-refractivity contribution in [1.82, 2.24) is 14.2 Å². The normalized spacial score (nSPS) is 11.6. The van der Waals surface area contributed by atoms with Gasteiger partial charge in [-0.1, -0.05) is 6.07 Å². The number of nitrogens with one attached hydrogen (secondary N) is 1. The van der Waals surface area contributed by atoms with E-state index >= 15 is 0 Å². The zero-order valence-corrected chi connectivity index (χ0v) is 14.4. The summed E-state index contributed by atoms with van der Waals surface area (Å²) in [6.07, 6.45) is 1.44. The third-order valence-corrected chi connectivity index (χ3v) is 5.62. The van der Waals surface area contributed by atoms with E-state index < -0.39 is 10.0 Å². The minimum Gasteiger partial charge on any atom is -0.345 e. The molecule has 0 unspecified atom stereocenters. The van der Waals surface area contributed by atoms with E-state index in [1.807, 2.05) is 24.4 Å². The monoisotopic (exact) mass is 341 g/mol. The van der Waals surface area contributed by atoms with E-state index in [-0.39, 0.29) is 10.8 Å². The zero-order valence-electron chi connectivity index (χ0n) is 12.7. The molecule has 1 N–H and O–H groups in total. The van der Waals surface area contributed by atoms with Crippen LogP contribution in [0.1, 0.15) is 22.3 Å². The van der Waals surface area contributed by atoms with E-state index in [1.165, 1.54) is 19.3 Å². The molecule has 0 saturated carbocycles. The van der Waals surface area contributed by atoms with Gasteiger partial charge >= 0.3 is 0 Å². The van der Waals surface area contributed by atoms with Gasteiger partial charge in [-0.25, -0.2) is 13.1 Å². The molecule has 0 atom stereocenters. The number of sulfonamides is 1. The maximum Gasteiger partial charge on any atom is 0.270 e. The predicted octanol–water partition coefficient (Wildman–Crippen LogP) is 1.66. The highest BCUT2D eigenvalue weighted by atomic mass is 32.2. The van der Waals surface area contributed by atoms with Crippen LogP contribution in [0.3, 0.4) is 0 Å². The first-order valence-electron chi connectivity index (χ1n) is 6.80. The Kier molecular flexibility index (Phi) is 5.05. The second-order valence-corrected chi connectivity index (χ2v) is 7.70. The van der Waals surface area contributed by atoms with Crippen molar-refractivity contribution in [3.05, 3.63) is 40.3 Å². The first-order valence-corrected chi connectivity index (χ1v) is 9.17. The van der Waals surface area contributed by atoms with Crippen LogP contribution in [0.25, 0.3) is 0 Å². The number of amides is 1. The summed E-state index contributed by atoms with van der Waals surface area (Å²) in [7, 11) is -0.541. The lowest BCUT2D eigenvalue weighted by molar-refractivity contribution is 0.0744. The first kappa shape index (κ1) is 16.7. The summed E-state index contributed by atoms with van der Waals surface area (Å²) in [5.74, 6) is -0.184. The number of aromatic nitrogens is 1. The van der Waals surface area contributed by atoms with E-state index in [1.54, 1.807) is 27.9 Å². The van der Waals surface area contributed by atoms with Crippen molar-refractivity contribution >= 4 is 27.3 Å². The van der Waals surface area contributed by atoms with Gasteiger partial charge in [0.1, 0.15) is 10.6 Å².